The summed E-state index contributed by atoms with van der Waals surface area (Å²) in [6.45, 7) is 6.34. The van der Waals surface area contributed by atoms with Gasteiger partial charge in [-0.1, -0.05) is 18.2 Å². The third-order valence-corrected chi connectivity index (χ3v) is 2.42. The van der Waals surface area contributed by atoms with Crippen LogP contribution in [0.4, 0.5) is 0 Å². The molecule has 0 spiro atoms. The van der Waals surface area contributed by atoms with Crippen molar-refractivity contribution in [1.82, 2.24) is 10.6 Å². The molecule has 0 aliphatic rings. The van der Waals surface area contributed by atoms with E-state index in [9.17, 15) is 9.59 Å². The van der Waals surface area contributed by atoms with Crippen LogP contribution in [0.1, 0.15) is 44.0 Å². The lowest BCUT2D eigenvalue weighted by atomic mass is 10.1. The van der Waals surface area contributed by atoms with Crippen LogP contribution in [0.25, 0.3) is 0 Å². The van der Waals surface area contributed by atoms with Gasteiger partial charge in [-0.15, -0.1) is 0 Å². The second-order valence-electron chi connectivity index (χ2n) is 5.52. The van der Waals surface area contributed by atoms with Crippen LogP contribution in [0.2, 0.25) is 0 Å². The van der Waals surface area contributed by atoms with Crippen molar-refractivity contribution in [3.8, 4) is 0 Å². The number of amides is 2. The fraction of sp³-hybridized carbons (Fsp3) is 0.467. The molecule has 0 aliphatic heterocycles. The molecule has 104 valence electrons. The second-order valence-corrected chi connectivity index (χ2v) is 5.52. The summed E-state index contributed by atoms with van der Waals surface area (Å²) in [4.78, 5) is 23.3. The van der Waals surface area contributed by atoms with E-state index in [-0.39, 0.29) is 17.4 Å². The van der Waals surface area contributed by atoms with Gasteiger partial charge in [0, 0.05) is 24.1 Å². The fourth-order valence-electron chi connectivity index (χ4n) is 1.62. The van der Waals surface area contributed by atoms with Gasteiger partial charge < -0.3 is 10.6 Å². The Morgan fingerprint density at radius 1 is 1.11 bits per heavy atom. The van der Waals surface area contributed by atoms with Crippen LogP contribution >= 0.6 is 0 Å². The van der Waals surface area contributed by atoms with Gasteiger partial charge in [-0.25, -0.2) is 0 Å². The number of rotatable bonds is 5. The highest BCUT2D eigenvalue weighted by Gasteiger charge is 2.13. The first kappa shape index (κ1) is 15.2. The second kappa shape index (κ2) is 6.92. The van der Waals surface area contributed by atoms with Gasteiger partial charge in [0.05, 0.1) is 0 Å². The van der Waals surface area contributed by atoms with Gasteiger partial charge in [0.15, 0.2) is 0 Å². The maximum atomic E-state index is 11.7. The average Bonchev–Trinajstić information content (AvgIpc) is 2.33. The Morgan fingerprint density at radius 3 is 2.32 bits per heavy atom. The predicted octanol–water partition coefficient (Wildman–Crippen LogP) is 2.11. The Balaban J connectivity index is 2.21. The third-order valence-electron chi connectivity index (χ3n) is 2.42. The quantitative estimate of drug-likeness (QED) is 0.798. The van der Waals surface area contributed by atoms with E-state index in [4.69, 9.17) is 0 Å². The molecule has 0 saturated heterocycles. The first-order chi connectivity index (χ1) is 8.88. The van der Waals surface area contributed by atoms with Crippen LogP contribution in [0.3, 0.4) is 0 Å². The highest BCUT2D eigenvalue weighted by molar-refractivity contribution is 5.94. The molecule has 0 saturated carbocycles. The normalized spacial score (nSPS) is 10.9. The summed E-state index contributed by atoms with van der Waals surface area (Å²) in [5.74, 6) is -0.0849. The van der Waals surface area contributed by atoms with E-state index in [0.717, 1.165) is 0 Å². The Hall–Kier alpha value is -1.84. The van der Waals surface area contributed by atoms with Crippen LogP contribution in [-0.4, -0.2) is 23.9 Å². The van der Waals surface area contributed by atoms with Crippen molar-refractivity contribution in [2.45, 2.75) is 39.2 Å². The third kappa shape index (κ3) is 6.60. The van der Waals surface area contributed by atoms with E-state index in [1.807, 2.05) is 39.0 Å². The Bertz CT molecular complexity index is 422. The highest BCUT2D eigenvalue weighted by atomic mass is 16.2. The zero-order chi connectivity index (χ0) is 14.3. The molecule has 0 unspecified atom stereocenters. The summed E-state index contributed by atoms with van der Waals surface area (Å²) in [6, 6.07) is 9.05. The van der Waals surface area contributed by atoms with Gasteiger partial charge in [-0.2, -0.15) is 0 Å². The molecule has 0 radical (unpaired) electrons. The summed E-state index contributed by atoms with van der Waals surface area (Å²) in [6.07, 6.45) is 1.06. The molecule has 1 aromatic rings. The summed E-state index contributed by atoms with van der Waals surface area (Å²) >= 11 is 0. The average molecular weight is 262 g/mol. The predicted molar refractivity (Wildman–Crippen MR) is 75.9 cm³/mol. The molecular weight excluding hydrogens is 240 g/mol. The lowest BCUT2D eigenvalue weighted by Gasteiger charge is -2.20. The molecule has 2 amide bonds. The molecule has 1 rings (SSSR count). The maximum absolute atomic E-state index is 11.7. The van der Waals surface area contributed by atoms with E-state index >= 15 is 0 Å². The molecule has 0 bridgehead atoms. The van der Waals surface area contributed by atoms with Crippen molar-refractivity contribution in [3.63, 3.8) is 0 Å². The lowest BCUT2D eigenvalue weighted by molar-refractivity contribution is -0.122. The SMILES string of the molecule is CC(C)(C)NC(=O)CCCNC(=O)c1ccccc1. The van der Waals surface area contributed by atoms with E-state index in [0.29, 0.717) is 24.9 Å². The minimum atomic E-state index is -0.204. The maximum Gasteiger partial charge on any atom is 0.251 e. The summed E-state index contributed by atoms with van der Waals surface area (Å²) in [5, 5.41) is 5.69. The smallest absolute Gasteiger partial charge is 0.251 e. The number of hydrogen-bond donors (Lipinski definition) is 2. The van der Waals surface area contributed by atoms with E-state index in [1.165, 1.54) is 0 Å². The molecule has 19 heavy (non-hydrogen) atoms. The molecule has 0 heterocycles. The van der Waals surface area contributed by atoms with Crippen LogP contribution in [0.5, 0.6) is 0 Å². The topological polar surface area (TPSA) is 58.2 Å². The van der Waals surface area contributed by atoms with Crippen molar-refractivity contribution in [2.75, 3.05) is 6.54 Å². The number of carbonyl (C=O) groups is 2. The van der Waals surface area contributed by atoms with Gasteiger partial charge in [0.2, 0.25) is 5.91 Å². The van der Waals surface area contributed by atoms with Crippen LogP contribution in [-0.2, 0) is 4.79 Å². The molecular formula is C15H22N2O2. The molecule has 4 heteroatoms. The zero-order valence-electron chi connectivity index (χ0n) is 11.8. The number of carbonyl (C=O) groups excluding carboxylic acids is 2. The number of hydrogen-bond acceptors (Lipinski definition) is 2. The summed E-state index contributed by atoms with van der Waals surface area (Å²) in [5.41, 5.74) is 0.436. The molecule has 2 N–H and O–H groups in total. The molecule has 0 aliphatic carbocycles. The van der Waals surface area contributed by atoms with Gasteiger partial charge >= 0.3 is 0 Å². The molecule has 0 aromatic heterocycles. The van der Waals surface area contributed by atoms with E-state index in [2.05, 4.69) is 10.6 Å². The van der Waals surface area contributed by atoms with Crippen molar-refractivity contribution >= 4 is 11.8 Å². The Kier molecular flexibility index (Phi) is 5.55. The first-order valence-corrected chi connectivity index (χ1v) is 6.53. The highest BCUT2D eigenvalue weighted by Crippen LogP contribution is 2.01. The minimum Gasteiger partial charge on any atom is -0.352 e. The number of benzene rings is 1. The van der Waals surface area contributed by atoms with Crippen LogP contribution in [0, 0.1) is 0 Å². The summed E-state index contributed by atoms with van der Waals surface area (Å²) < 4.78 is 0. The van der Waals surface area contributed by atoms with Crippen molar-refractivity contribution in [3.05, 3.63) is 35.9 Å². The fourth-order valence-corrected chi connectivity index (χ4v) is 1.62. The van der Waals surface area contributed by atoms with Crippen molar-refractivity contribution in [1.29, 1.82) is 0 Å². The van der Waals surface area contributed by atoms with Crippen LogP contribution in [0.15, 0.2) is 30.3 Å². The standard InChI is InChI=1S/C15H22N2O2/c1-15(2,3)17-13(18)10-7-11-16-14(19)12-8-5-4-6-9-12/h4-6,8-9H,7,10-11H2,1-3H3,(H,16,19)(H,17,18). The van der Waals surface area contributed by atoms with Crippen molar-refractivity contribution < 1.29 is 9.59 Å². The number of nitrogens with one attached hydrogen (secondary N) is 2. The monoisotopic (exact) mass is 262 g/mol. The van der Waals surface area contributed by atoms with E-state index < -0.39 is 0 Å². The molecule has 1 aromatic carbocycles. The van der Waals surface area contributed by atoms with Crippen LogP contribution < -0.4 is 10.6 Å². The van der Waals surface area contributed by atoms with Gasteiger partial charge in [0.25, 0.3) is 5.91 Å². The minimum absolute atomic E-state index is 0.0152. The van der Waals surface area contributed by atoms with Gasteiger partial charge in [-0.3, -0.25) is 9.59 Å². The van der Waals surface area contributed by atoms with Gasteiger partial charge in [0.1, 0.15) is 0 Å². The summed E-state index contributed by atoms with van der Waals surface area (Å²) in [7, 11) is 0. The first-order valence-electron chi connectivity index (χ1n) is 6.53. The Morgan fingerprint density at radius 2 is 1.74 bits per heavy atom. The molecule has 0 fully saturated rings. The van der Waals surface area contributed by atoms with E-state index in [1.54, 1.807) is 12.1 Å². The van der Waals surface area contributed by atoms with Gasteiger partial charge in [-0.05, 0) is 39.3 Å². The van der Waals surface area contributed by atoms with Crippen molar-refractivity contribution in [2.24, 2.45) is 0 Å². The molecule has 0 atom stereocenters. The molecule has 4 nitrogen and oxygen atoms in total. The Labute approximate surface area is 114 Å². The lowest BCUT2D eigenvalue weighted by Crippen LogP contribution is -2.40. The zero-order valence-corrected chi connectivity index (χ0v) is 11.8. The largest absolute Gasteiger partial charge is 0.352 e.